The first-order valence-corrected chi connectivity index (χ1v) is 38.2. The van der Waals surface area contributed by atoms with Gasteiger partial charge >= 0.3 is 39.5 Å². The molecule has 0 bridgehead atoms. The number of phosphoric ester groups is 2. The van der Waals surface area contributed by atoms with Crippen LogP contribution in [0.1, 0.15) is 331 Å². The fraction of sp³-hybridized carbons (Fsp3) is 0.941. The van der Waals surface area contributed by atoms with Gasteiger partial charge in [0.15, 0.2) is 12.2 Å². The molecule has 87 heavy (non-hydrogen) atoms. The van der Waals surface area contributed by atoms with Crippen LogP contribution in [0.3, 0.4) is 0 Å². The molecule has 0 spiro atoms. The van der Waals surface area contributed by atoms with Gasteiger partial charge in [0.25, 0.3) is 0 Å². The quantitative estimate of drug-likeness (QED) is 0.0222. The minimum Gasteiger partial charge on any atom is -0.462 e. The van der Waals surface area contributed by atoms with E-state index in [0.717, 1.165) is 108 Å². The molecule has 0 heterocycles. The molecule has 3 N–H and O–H groups in total. The number of unbranched alkanes of at least 4 members (excludes halogenated alkanes) is 31. The molecule has 5 atom stereocenters. The predicted molar refractivity (Wildman–Crippen MR) is 349 cm³/mol. The van der Waals surface area contributed by atoms with E-state index in [1.165, 1.54) is 128 Å². The summed E-state index contributed by atoms with van der Waals surface area (Å²) in [5.41, 5.74) is 0. The molecule has 0 radical (unpaired) electrons. The van der Waals surface area contributed by atoms with Crippen LogP contribution in [0.25, 0.3) is 0 Å². The van der Waals surface area contributed by atoms with Gasteiger partial charge < -0.3 is 33.8 Å². The highest BCUT2D eigenvalue weighted by Gasteiger charge is 2.30. The predicted octanol–water partition coefficient (Wildman–Crippen LogP) is 18.9. The first kappa shape index (κ1) is 85.1. The van der Waals surface area contributed by atoms with Crippen molar-refractivity contribution in [2.24, 2.45) is 23.7 Å². The van der Waals surface area contributed by atoms with Crippen LogP contribution in [0.2, 0.25) is 0 Å². The normalized spacial score (nSPS) is 14.3. The fourth-order valence-electron chi connectivity index (χ4n) is 10.1. The molecule has 0 aliphatic heterocycles. The van der Waals surface area contributed by atoms with Crippen LogP contribution in [0.5, 0.6) is 0 Å². The van der Waals surface area contributed by atoms with Gasteiger partial charge in [-0.05, 0) is 49.4 Å². The van der Waals surface area contributed by atoms with Gasteiger partial charge in [0.05, 0.1) is 26.4 Å². The van der Waals surface area contributed by atoms with Gasteiger partial charge in [-0.3, -0.25) is 37.3 Å². The van der Waals surface area contributed by atoms with Gasteiger partial charge in [0.1, 0.15) is 19.3 Å². The summed E-state index contributed by atoms with van der Waals surface area (Å²) in [7, 11) is -9.90. The third-order valence-electron chi connectivity index (χ3n) is 15.6. The zero-order chi connectivity index (χ0) is 64.7. The van der Waals surface area contributed by atoms with Crippen molar-refractivity contribution in [2.75, 3.05) is 39.6 Å². The standard InChI is InChI=1S/C68H132O17P2/c1-58(2)44-36-28-20-15-12-10-9-11-13-17-23-32-40-48-65(70)78-55-64(85-68(73)51-43-35-27-26-31-39-47-61(7)8)57-83-87(76,77)81-53-62(69)52-80-86(74,75)82-56-63(54-79-66(71)49-41-33-25-19-22-30-38-46-60(5)6)84-67(72)50-42-34-24-18-14-16-21-29-37-45-59(3)4/h58-64,69H,9-57H2,1-8H3,(H,74,75)(H,76,77)/t62?,63-,64-/m1/s1. The van der Waals surface area contributed by atoms with Gasteiger partial charge in [-0.25, -0.2) is 9.13 Å². The number of carbonyl (C=O) groups excluding carboxylic acids is 4. The summed E-state index contributed by atoms with van der Waals surface area (Å²) >= 11 is 0. The number of hydrogen-bond acceptors (Lipinski definition) is 15. The molecule has 0 aromatic rings. The monoisotopic (exact) mass is 1280 g/mol. The van der Waals surface area contributed by atoms with Crippen molar-refractivity contribution in [2.45, 2.75) is 350 Å². The number of esters is 4. The molecule has 0 amide bonds. The lowest BCUT2D eigenvalue weighted by Gasteiger charge is -2.21. The summed E-state index contributed by atoms with van der Waals surface area (Å²) in [4.78, 5) is 72.4. The molecule has 0 fully saturated rings. The number of phosphoric acid groups is 2. The van der Waals surface area contributed by atoms with Gasteiger partial charge in [0, 0.05) is 25.7 Å². The Labute approximate surface area is 530 Å². The summed E-state index contributed by atoms with van der Waals surface area (Å²) in [5.74, 6) is 0.764. The SMILES string of the molecule is CC(C)CCCCCCCCCCCCCCCC(=O)OC[C@H](COP(=O)(O)OCC(O)COP(=O)(O)OC[C@@H](COC(=O)CCCCCCCCCC(C)C)OC(=O)CCCCCCCCCCCC(C)C)OC(=O)CCCCCCCCC(C)C. The van der Waals surface area contributed by atoms with Crippen LogP contribution in [0, 0.1) is 23.7 Å². The van der Waals surface area contributed by atoms with E-state index in [-0.39, 0.29) is 25.7 Å². The average Bonchev–Trinajstić information content (AvgIpc) is 3.50. The number of carbonyl (C=O) groups is 4. The Hall–Kier alpha value is -1.94. The molecule has 516 valence electrons. The first-order chi connectivity index (χ1) is 41.6. The molecule has 0 aliphatic carbocycles. The molecule has 0 aromatic carbocycles. The number of aliphatic hydroxyl groups excluding tert-OH is 1. The first-order valence-electron chi connectivity index (χ1n) is 35.2. The minimum absolute atomic E-state index is 0.102. The highest BCUT2D eigenvalue weighted by atomic mass is 31.2. The maximum absolute atomic E-state index is 13.0. The molecule has 0 aromatic heterocycles. The Morgan fingerprint density at radius 1 is 0.287 bits per heavy atom. The van der Waals surface area contributed by atoms with Crippen LogP contribution in [-0.4, -0.2) is 96.7 Å². The van der Waals surface area contributed by atoms with Gasteiger partial charge in [0.2, 0.25) is 0 Å². The topological polar surface area (TPSA) is 237 Å². The Balaban J connectivity index is 5.20. The number of ether oxygens (including phenoxy) is 4. The molecule has 0 aliphatic rings. The van der Waals surface area contributed by atoms with Crippen LogP contribution in [0.15, 0.2) is 0 Å². The molecular weight excluding hydrogens is 1150 g/mol. The van der Waals surface area contributed by atoms with E-state index < -0.39 is 97.5 Å². The summed E-state index contributed by atoms with van der Waals surface area (Å²) in [5, 5.41) is 10.6. The second-order valence-electron chi connectivity index (χ2n) is 26.5. The Kier molecular flexibility index (Phi) is 56.6. The van der Waals surface area contributed by atoms with Crippen molar-refractivity contribution in [1.29, 1.82) is 0 Å². The summed E-state index contributed by atoms with van der Waals surface area (Å²) in [6.07, 6.45) is 39.2. The highest BCUT2D eigenvalue weighted by molar-refractivity contribution is 7.47. The van der Waals surface area contributed by atoms with E-state index in [9.17, 15) is 43.2 Å². The lowest BCUT2D eigenvalue weighted by atomic mass is 10.0. The average molecular weight is 1280 g/mol. The van der Waals surface area contributed by atoms with E-state index in [1.54, 1.807) is 0 Å². The van der Waals surface area contributed by atoms with E-state index in [1.807, 2.05) is 0 Å². The van der Waals surface area contributed by atoms with Crippen LogP contribution in [0.4, 0.5) is 0 Å². The van der Waals surface area contributed by atoms with Crippen LogP contribution < -0.4 is 0 Å². The maximum atomic E-state index is 13.0. The second kappa shape index (κ2) is 57.9. The van der Waals surface area contributed by atoms with Gasteiger partial charge in [-0.2, -0.15) is 0 Å². The van der Waals surface area contributed by atoms with Crippen molar-refractivity contribution in [1.82, 2.24) is 0 Å². The third kappa shape index (κ3) is 62.6. The van der Waals surface area contributed by atoms with Crippen molar-refractivity contribution in [3.8, 4) is 0 Å². The van der Waals surface area contributed by atoms with E-state index in [0.29, 0.717) is 37.5 Å². The lowest BCUT2D eigenvalue weighted by molar-refractivity contribution is -0.161. The Bertz CT molecular complexity index is 1730. The fourth-order valence-corrected chi connectivity index (χ4v) is 11.7. The molecule has 17 nitrogen and oxygen atoms in total. The maximum Gasteiger partial charge on any atom is 0.472 e. The van der Waals surface area contributed by atoms with Crippen molar-refractivity contribution in [3.05, 3.63) is 0 Å². The molecular formula is C68H132O17P2. The summed E-state index contributed by atoms with van der Waals surface area (Å²) < 4.78 is 68.1. The zero-order valence-corrected chi connectivity index (χ0v) is 58.4. The zero-order valence-electron chi connectivity index (χ0n) is 56.6. The second-order valence-corrected chi connectivity index (χ2v) is 29.4. The van der Waals surface area contributed by atoms with E-state index >= 15 is 0 Å². The number of aliphatic hydroxyl groups is 1. The molecule has 3 unspecified atom stereocenters. The van der Waals surface area contributed by atoms with Crippen molar-refractivity contribution >= 4 is 39.5 Å². The van der Waals surface area contributed by atoms with E-state index in [2.05, 4.69) is 55.4 Å². The molecule has 0 saturated heterocycles. The Morgan fingerprint density at radius 2 is 0.483 bits per heavy atom. The minimum atomic E-state index is -4.95. The number of hydrogen-bond donors (Lipinski definition) is 3. The lowest BCUT2D eigenvalue weighted by Crippen LogP contribution is -2.30. The van der Waals surface area contributed by atoms with Crippen molar-refractivity contribution < 1.29 is 80.2 Å². The summed E-state index contributed by atoms with van der Waals surface area (Å²) in [6.45, 7) is 14.0. The van der Waals surface area contributed by atoms with Crippen LogP contribution >= 0.6 is 15.6 Å². The largest absolute Gasteiger partial charge is 0.472 e. The molecule has 19 heteroatoms. The van der Waals surface area contributed by atoms with Crippen molar-refractivity contribution in [3.63, 3.8) is 0 Å². The van der Waals surface area contributed by atoms with Gasteiger partial charge in [-0.1, -0.05) is 280 Å². The van der Waals surface area contributed by atoms with Gasteiger partial charge in [-0.15, -0.1) is 0 Å². The molecule has 0 rings (SSSR count). The number of rotatable bonds is 65. The highest BCUT2D eigenvalue weighted by Crippen LogP contribution is 2.45. The summed E-state index contributed by atoms with van der Waals surface area (Å²) in [6, 6.07) is 0. The molecule has 0 saturated carbocycles. The van der Waals surface area contributed by atoms with Crippen LogP contribution in [-0.2, 0) is 65.4 Å². The smallest absolute Gasteiger partial charge is 0.462 e. The third-order valence-corrected chi connectivity index (χ3v) is 17.5. The van der Waals surface area contributed by atoms with E-state index in [4.69, 9.17) is 37.0 Å². The Morgan fingerprint density at radius 3 is 0.713 bits per heavy atom.